The lowest BCUT2D eigenvalue weighted by atomic mass is 10.1. The number of ketones is 1. The van der Waals surface area contributed by atoms with E-state index in [-0.39, 0.29) is 5.78 Å². The first-order valence-corrected chi connectivity index (χ1v) is 5.24. The molecule has 0 amide bonds. The van der Waals surface area contributed by atoms with Crippen LogP contribution in [-0.4, -0.2) is 23.9 Å². The van der Waals surface area contributed by atoms with Gasteiger partial charge >= 0.3 is 0 Å². The van der Waals surface area contributed by atoms with Crippen molar-refractivity contribution in [3.8, 4) is 0 Å². The van der Waals surface area contributed by atoms with Gasteiger partial charge in [0.1, 0.15) is 0 Å². The largest absolute Gasteiger partial charge is 0.360 e. The van der Waals surface area contributed by atoms with Crippen LogP contribution >= 0.6 is 0 Å². The lowest BCUT2D eigenvalue weighted by molar-refractivity contribution is 0.0994. The van der Waals surface area contributed by atoms with Crippen LogP contribution < -0.4 is 5.32 Å². The van der Waals surface area contributed by atoms with E-state index in [0.29, 0.717) is 13.1 Å². The van der Waals surface area contributed by atoms with Crippen molar-refractivity contribution in [2.45, 2.75) is 0 Å². The summed E-state index contributed by atoms with van der Waals surface area (Å²) in [5, 5.41) is 3.99. The van der Waals surface area contributed by atoms with Crippen LogP contribution in [0.2, 0.25) is 0 Å². The molecule has 2 rings (SSSR count). The van der Waals surface area contributed by atoms with Crippen LogP contribution in [0.25, 0.3) is 10.9 Å². The van der Waals surface area contributed by atoms with E-state index in [0.717, 1.165) is 16.5 Å². The monoisotopic (exact) mass is 214 g/mol. The van der Waals surface area contributed by atoms with Crippen molar-refractivity contribution in [3.05, 3.63) is 48.7 Å². The summed E-state index contributed by atoms with van der Waals surface area (Å²) in [7, 11) is 0. The van der Waals surface area contributed by atoms with Gasteiger partial charge in [-0.3, -0.25) is 4.79 Å². The molecule has 2 N–H and O–H groups in total. The Kier molecular flexibility index (Phi) is 3.17. The number of fused-ring (bicyclic) bond motifs is 1. The maximum Gasteiger partial charge on any atom is 0.178 e. The number of carbonyl (C=O) groups is 1. The molecule has 2 aromatic rings. The summed E-state index contributed by atoms with van der Waals surface area (Å²) in [5.41, 5.74) is 1.74. The molecule has 1 heterocycles. The average Bonchev–Trinajstić information content (AvgIpc) is 2.73. The molecule has 0 fully saturated rings. The van der Waals surface area contributed by atoms with E-state index in [1.165, 1.54) is 0 Å². The summed E-state index contributed by atoms with van der Waals surface area (Å²) in [5.74, 6) is 0.0966. The second kappa shape index (κ2) is 4.77. The summed E-state index contributed by atoms with van der Waals surface area (Å²) in [6, 6.07) is 7.79. The third-order valence-corrected chi connectivity index (χ3v) is 2.46. The van der Waals surface area contributed by atoms with Crippen molar-refractivity contribution in [3.63, 3.8) is 0 Å². The van der Waals surface area contributed by atoms with Crippen LogP contribution in [0.5, 0.6) is 0 Å². The number of benzene rings is 1. The third-order valence-electron chi connectivity index (χ3n) is 2.46. The van der Waals surface area contributed by atoms with Gasteiger partial charge in [0.2, 0.25) is 0 Å². The van der Waals surface area contributed by atoms with E-state index >= 15 is 0 Å². The molecule has 0 radical (unpaired) electrons. The lowest BCUT2D eigenvalue weighted by Crippen LogP contribution is -2.22. The molecule has 0 atom stereocenters. The highest BCUT2D eigenvalue weighted by molar-refractivity contribution is 6.08. The van der Waals surface area contributed by atoms with Gasteiger partial charge in [0.15, 0.2) is 5.78 Å². The van der Waals surface area contributed by atoms with Gasteiger partial charge in [-0.15, -0.1) is 6.58 Å². The molecule has 0 saturated heterocycles. The number of aromatic nitrogens is 1. The Bertz CT molecular complexity index is 513. The van der Waals surface area contributed by atoms with Crippen molar-refractivity contribution < 1.29 is 4.79 Å². The van der Waals surface area contributed by atoms with Crippen LogP contribution in [0, 0.1) is 0 Å². The predicted molar refractivity (Wildman–Crippen MR) is 65.7 cm³/mol. The minimum atomic E-state index is 0.0966. The number of hydrogen-bond donors (Lipinski definition) is 2. The highest BCUT2D eigenvalue weighted by Crippen LogP contribution is 2.17. The average molecular weight is 214 g/mol. The first-order valence-electron chi connectivity index (χ1n) is 5.24. The smallest absolute Gasteiger partial charge is 0.178 e. The summed E-state index contributed by atoms with van der Waals surface area (Å²) >= 11 is 0. The molecule has 0 aliphatic carbocycles. The Morgan fingerprint density at radius 2 is 2.25 bits per heavy atom. The molecule has 0 unspecified atom stereocenters. The normalized spacial score (nSPS) is 10.5. The van der Waals surface area contributed by atoms with E-state index < -0.39 is 0 Å². The van der Waals surface area contributed by atoms with Crippen molar-refractivity contribution >= 4 is 16.7 Å². The van der Waals surface area contributed by atoms with Gasteiger partial charge in [0.05, 0.1) is 6.54 Å². The molecule has 0 aliphatic rings. The number of para-hydroxylation sites is 1. The van der Waals surface area contributed by atoms with Crippen LogP contribution in [0.15, 0.2) is 43.1 Å². The summed E-state index contributed by atoms with van der Waals surface area (Å²) in [6.45, 7) is 4.58. The maximum absolute atomic E-state index is 11.9. The van der Waals surface area contributed by atoms with Gasteiger partial charge in [0, 0.05) is 29.2 Å². The van der Waals surface area contributed by atoms with Crippen molar-refractivity contribution in [1.82, 2.24) is 10.3 Å². The van der Waals surface area contributed by atoms with E-state index in [9.17, 15) is 4.79 Å². The van der Waals surface area contributed by atoms with Crippen molar-refractivity contribution in [2.24, 2.45) is 0 Å². The van der Waals surface area contributed by atoms with Crippen molar-refractivity contribution in [1.29, 1.82) is 0 Å². The SMILES string of the molecule is C=CCNCC(=O)c1c[nH]c2ccccc12. The van der Waals surface area contributed by atoms with Gasteiger partial charge in [-0.25, -0.2) is 0 Å². The summed E-state index contributed by atoms with van der Waals surface area (Å²) in [4.78, 5) is 15.0. The molecule has 0 bridgehead atoms. The Hall–Kier alpha value is -1.87. The second-order valence-electron chi connectivity index (χ2n) is 3.59. The number of nitrogens with one attached hydrogen (secondary N) is 2. The Labute approximate surface area is 94.2 Å². The zero-order valence-electron chi connectivity index (χ0n) is 8.99. The molecule has 1 aromatic carbocycles. The molecule has 0 aliphatic heterocycles. The Balaban J connectivity index is 2.19. The molecular weight excluding hydrogens is 200 g/mol. The minimum Gasteiger partial charge on any atom is -0.360 e. The molecule has 82 valence electrons. The quantitative estimate of drug-likeness (QED) is 0.455. The Morgan fingerprint density at radius 3 is 3.06 bits per heavy atom. The fourth-order valence-electron chi connectivity index (χ4n) is 1.69. The second-order valence-corrected chi connectivity index (χ2v) is 3.59. The summed E-state index contributed by atoms with van der Waals surface area (Å²) in [6.07, 6.45) is 3.51. The lowest BCUT2D eigenvalue weighted by Gasteiger charge is -1.99. The number of H-pyrrole nitrogens is 1. The number of aromatic amines is 1. The molecule has 16 heavy (non-hydrogen) atoms. The standard InChI is InChI=1S/C13H14N2O/c1-2-7-14-9-13(16)11-8-15-12-6-4-3-5-10(11)12/h2-6,8,14-15H,1,7,9H2. The number of Topliss-reactive ketones (excluding diaryl/α,β-unsaturated/α-hetero) is 1. The zero-order chi connectivity index (χ0) is 11.4. The van der Waals surface area contributed by atoms with E-state index in [4.69, 9.17) is 0 Å². The molecule has 0 saturated carbocycles. The molecule has 3 heteroatoms. The van der Waals surface area contributed by atoms with Gasteiger partial charge in [-0.2, -0.15) is 0 Å². The molecular formula is C13H14N2O. The number of hydrogen-bond acceptors (Lipinski definition) is 2. The topological polar surface area (TPSA) is 44.9 Å². The van der Waals surface area contributed by atoms with Gasteiger partial charge < -0.3 is 10.3 Å². The predicted octanol–water partition coefficient (Wildman–Crippen LogP) is 2.13. The van der Waals surface area contributed by atoms with Crippen molar-refractivity contribution in [2.75, 3.05) is 13.1 Å². The summed E-state index contributed by atoms with van der Waals surface area (Å²) < 4.78 is 0. The highest BCUT2D eigenvalue weighted by Gasteiger charge is 2.10. The number of rotatable bonds is 5. The van der Waals surface area contributed by atoms with Gasteiger partial charge in [0.25, 0.3) is 0 Å². The van der Waals surface area contributed by atoms with E-state index in [1.807, 2.05) is 24.3 Å². The first kappa shape index (κ1) is 10.6. The fraction of sp³-hybridized carbons (Fsp3) is 0.154. The highest BCUT2D eigenvalue weighted by atomic mass is 16.1. The van der Waals surface area contributed by atoms with Crippen LogP contribution in [0.4, 0.5) is 0 Å². The first-order chi connectivity index (χ1) is 7.83. The molecule has 3 nitrogen and oxygen atoms in total. The van der Waals surface area contributed by atoms with Gasteiger partial charge in [-0.1, -0.05) is 24.3 Å². The van der Waals surface area contributed by atoms with Crippen LogP contribution in [0.1, 0.15) is 10.4 Å². The Morgan fingerprint density at radius 1 is 1.44 bits per heavy atom. The van der Waals surface area contributed by atoms with Crippen LogP contribution in [-0.2, 0) is 0 Å². The van der Waals surface area contributed by atoms with Crippen LogP contribution in [0.3, 0.4) is 0 Å². The molecule has 0 spiro atoms. The van der Waals surface area contributed by atoms with Gasteiger partial charge in [-0.05, 0) is 6.07 Å². The minimum absolute atomic E-state index is 0.0966. The zero-order valence-corrected chi connectivity index (χ0v) is 8.99. The van der Waals surface area contributed by atoms with E-state index in [1.54, 1.807) is 12.3 Å². The third kappa shape index (κ3) is 2.04. The maximum atomic E-state index is 11.9. The fourth-order valence-corrected chi connectivity index (χ4v) is 1.69. The number of carbonyl (C=O) groups excluding carboxylic acids is 1. The van der Waals surface area contributed by atoms with E-state index in [2.05, 4.69) is 16.9 Å². The molecule has 1 aromatic heterocycles.